The molecule has 1 aromatic heterocycles. The van der Waals surface area contributed by atoms with Crippen LogP contribution in [0.1, 0.15) is 47.6 Å². The van der Waals surface area contributed by atoms with Crippen molar-refractivity contribution in [1.82, 2.24) is 15.1 Å². The van der Waals surface area contributed by atoms with E-state index in [-0.39, 0.29) is 17.0 Å². The van der Waals surface area contributed by atoms with Crippen LogP contribution in [-0.4, -0.2) is 37.2 Å². The van der Waals surface area contributed by atoms with Crippen LogP contribution in [0.3, 0.4) is 0 Å². The number of benzene rings is 1. The standard InChI is InChI=1S/C19H23N5O3S/c1-21-15-4-2-3-5-16(15)24-11-14(18(20)25)19(23-24)22-13-6-7-17-12(10-13)8-9-28(17,26)27/h6-11,15-16,21H,2-5H2,1H3,(H2,20,25)(H,22,23)/t15-,16-/m0/s1. The second-order valence-electron chi connectivity index (χ2n) is 7.21. The molecule has 1 aliphatic carbocycles. The molecular weight excluding hydrogens is 378 g/mol. The second kappa shape index (κ2) is 7.06. The first-order chi connectivity index (χ1) is 13.4. The number of hydrogen-bond donors (Lipinski definition) is 3. The van der Waals surface area contributed by atoms with Crippen LogP contribution in [0.25, 0.3) is 6.08 Å². The maximum absolute atomic E-state index is 12.0. The van der Waals surface area contributed by atoms with E-state index in [9.17, 15) is 13.2 Å². The van der Waals surface area contributed by atoms with Gasteiger partial charge in [-0.1, -0.05) is 12.8 Å². The first-order valence-electron chi connectivity index (χ1n) is 9.29. The fourth-order valence-corrected chi connectivity index (χ4v) is 5.17. The summed E-state index contributed by atoms with van der Waals surface area (Å²) in [5.41, 5.74) is 7.12. The highest BCUT2D eigenvalue weighted by Gasteiger charge is 2.28. The van der Waals surface area contributed by atoms with Crippen molar-refractivity contribution in [3.63, 3.8) is 0 Å². The lowest BCUT2D eigenvalue weighted by atomic mass is 9.90. The molecule has 1 saturated carbocycles. The van der Waals surface area contributed by atoms with Crippen molar-refractivity contribution in [3.05, 3.63) is 40.9 Å². The first kappa shape index (κ1) is 18.7. The third-order valence-corrected chi connectivity index (χ3v) is 6.92. The van der Waals surface area contributed by atoms with Gasteiger partial charge in [-0.3, -0.25) is 9.48 Å². The molecule has 4 N–H and O–H groups in total. The number of fused-ring (bicyclic) bond motifs is 1. The minimum Gasteiger partial charge on any atom is -0.365 e. The summed E-state index contributed by atoms with van der Waals surface area (Å²) in [5, 5.41) is 12.2. The summed E-state index contributed by atoms with van der Waals surface area (Å²) in [7, 11) is -1.41. The minimum atomic E-state index is -3.35. The number of sulfone groups is 1. The predicted octanol–water partition coefficient (Wildman–Crippen LogP) is 2.19. The van der Waals surface area contributed by atoms with Gasteiger partial charge in [-0.25, -0.2) is 8.42 Å². The molecule has 28 heavy (non-hydrogen) atoms. The lowest BCUT2D eigenvalue weighted by Gasteiger charge is -2.31. The summed E-state index contributed by atoms with van der Waals surface area (Å²) in [5.74, 6) is -0.188. The fourth-order valence-electron chi connectivity index (χ4n) is 3.99. The molecule has 148 valence electrons. The normalized spacial score (nSPS) is 22.8. The summed E-state index contributed by atoms with van der Waals surface area (Å²) in [6.07, 6.45) is 7.57. The van der Waals surface area contributed by atoms with Crippen LogP contribution >= 0.6 is 0 Å². The summed E-state index contributed by atoms with van der Waals surface area (Å²) < 4.78 is 25.6. The van der Waals surface area contributed by atoms with Gasteiger partial charge in [0.05, 0.1) is 10.9 Å². The number of aromatic nitrogens is 2. The number of nitrogens with zero attached hydrogens (tertiary/aromatic N) is 2. The van der Waals surface area contributed by atoms with Crippen molar-refractivity contribution < 1.29 is 13.2 Å². The Morgan fingerprint density at radius 3 is 2.82 bits per heavy atom. The smallest absolute Gasteiger partial charge is 0.254 e. The number of anilines is 2. The molecule has 9 heteroatoms. The van der Waals surface area contributed by atoms with E-state index < -0.39 is 15.7 Å². The van der Waals surface area contributed by atoms with Crippen LogP contribution in [0.15, 0.2) is 34.7 Å². The molecule has 2 aromatic rings. The van der Waals surface area contributed by atoms with Crippen LogP contribution in [0, 0.1) is 0 Å². The fraction of sp³-hybridized carbons (Fsp3) is 0.368. The number of hydrogen-bond acceptors (Lipinski definition) is 6. The van der Waals surface area contributed by atoms with Gasteiger partial charge in [0.1, 0.15) is 5.56 Å². The van der Waals surface area contributed by atoms with Crippen LogP contribution in [0.5, 0.6) is 0 Å². The molecule has 2 atom stereocenters. The molecule has 4 rings (SSSR count). The minimum absolute atomic E-state index is 0.153. The molecule has 1 aliphatic heterocycles. The van der Waals surface area contributed by atoms with Gasteiger partial charge in [0.15, 0.2) is 15.7 Å². The van der Waals surface area contributed by atoms with Gasteiger partial charge in [0.25, 0.3) is 5.91 Å². The van der Waals surface area contributed by atoms with E-state index >= 15 is 0 Å². The van der Waals surface area contributed by atoms with E-state index in [1.807, 2.05) is 11.7 Å². The molecule has 2 heterocycles. The number of carbonyl (C=O) groups excluding carboxylic acids is 1. The summed E-state index contributed by atoms with van der Waals surface area (Å²) in [6, 6.07) is 5.37. The highest BCUT2D eigenvalue weighted by Crippen LogP contribution is 2.32. The zero-order chi connectivity index (χ0) is 19.9. The second-order valence-corrected chi connectivity index (χ2v) is 9.01. The third-order valence-electron chi connectivity index (χ3n) is 5.44. The van der Waals surface area contributed by atoms with Crippen molar-refractivity contribution in [2.75, 3.05) is 12.4 Å². The predicted molar refractivity (Wildman–Crippen MR) is 107 cm³/mol. The summed E-state index contributed by atoms with van der Waals surface area (Å²) in [4.78, 5) is 12.2. The molecule has 8 nitrogen and oxygen atoms in total. The zero-order valence-electron chi connectivity index (χ0n) is 15.6. The zero-order valence-corrected chi connectivity index (χ0v) is 16.4. The van der Waals surface area contributed by atoms with Crippen LogP contribution < -0.4 is 16.4 Å². The van der Waals surface area contributed by atoms with E-state index in [0.717, 1.165) is 19.3 Å². The first-order valence-corrected chi connectivity index (χ1v) is 10.8. The Bertz CT molecular complexity index is 1060. The van der Waals surface area contributed by atoms with Crippen molar-refractivity contribution in [1.29, 1.82) is 0 Å². The Morgan fingerprint density at radius 2 is 2.07 bits per heavy atom. The molecule has 0 spiro atoms. The molecule has 1 fully saturated rings. The number of nitrogens with one attached hydrogen (secondary N) is 2. The number of nitrogens with two attached hydrogens (primary N) is 1. The largest absolute Gasteiger partial charge is 0.365 e. The molecule has 0 radical (unpaired) electrons. The summed E-state index contributed by atoms with van der Waals surface area (Å²) in [6.45, 7) is 0. The molecule has 1 amide bonds. The van der Waals surface area contributed by atoms with E-state index in [0.29, 0.717) is 22.6 Å². The maximum atomic E-state index is 12.0. The highest BCUT2D eigenvalue weighted by atomic mass is 32.2. The molecule has 0 saturated heterocycles. The van der Waals surface area contributed by atoms with Gasteiger partial charge < -0.3 is 16.4 Å². The number of rotatable bonds is 5. The van der Waals surface area contributed by atoms with Gasteiger partial charge in [0, 0.05) is 23.3 Å². The van der Waals surface area contributed by atoms with Crippen molar-refractivity contribution in [2.45, 2.75) is 42.7 Å². The van der Waals surface area contributed by atoms with Gasteiger partial charge in [-0.05, 0) is 49.7 Å². The third kappa shape index (κ3) is 3.31. The lowest BCUT2D eigenvalue weighted by molar-refractivity contribution is 0.100. The molecular formula is C19H23N5O3S. The van der Waals surface area contributed by atoms with E-state index in [2.05, 4.69) is 15.7 Å². The van der Waals surface area contributed by atoms with Crippen molar-refractivity contribution >= 4 is 33.3 Å². The van der Waals surface area contributed by atoms with E-state index in [4.69, 9.17) is 5.73 Å². The van der Waals surface area contributed by atoms with Gasteiger partial charge in [-0.2, -0.15) is 5.10 Å². The number of likely N-dealkylation sites (N-methyl/N-ethyl adjacent to an activating group) is 1. The molecule has 0 bridgehead atoms. The average molecular weight is 401 g/mol. The molecule has 1 aromatic carbocycles. The van der Waals surface area contributed by atoms with Crippen molar-refractivity contribution in [2.24, 2.45) is 5.73 Å². The lowest BCUT2D eigenvalue weighted by Crippen LogP contribution is -2.37. The Morgan fingerprint density at radius 1 is 1.29 bits per heavy atom. The van der Waals surface area contributed by atoms with E-state index in [1.165, 1.54) is 11.8 Å². The number of amides is 1. The van der Waals surface area contributed by atoms with Gasteiger partial charge in [-0.15, -0.1) is 0 Å². The van der Waals surface area contributed by atoms with Crippen LogP contribution in [0.4, 0.5) is 11.5 Å². The van der Waals surface area contributed by atoms with Crippen molar-refractivity contribution in [3.8, 4) is 0 Å². The van der Waals surface area contributed by atoms with Gasteiger partial charge in [0.2, 0.25) is 0 Å². The van der Waals surface area contributed by atoms with Gasteiger partial charge >= 0.3 is 0 Å². The molecule has 2 aliphatic rings. The maximum Gasteiger partial charge on any atom is 0.254 e. The topological polar surface area (TPSA) is 119 Å². The number of carbonyl (C=O) groups is 1. The van der Waals surface area contributed by atoms with Crippen LogP contribution in [0.2, 0.25) is 0 Å². The number of primary amides is 1. The Labute approximate surface area is 163 Å². The average Bonchev–Trinajstić information content (AvgIpc) is 3.23. The van der Waals surface area contributed by atoms with E-state index in [1.54, 1.807) is 30.5 Å². The Hall–Kier alpha value is -2.65. The highest BCUT2D eigenvalue weighted by molar-refractivity contribution is 7.94. The molecule has 0 unspecified atom stereocenters. The SMILES string of the molecule is CN[C@H]1CCCC[C@@H]1n1cc(C(N)=O)c(Nc2ccc3c(c2)C=CS3(=O)=O)n1. The van der Waals surface area contributed by atoms with Crippen LogP contribution in [-0.2, 0) is 9.84 Å². The Kier molecular flexibility index (Phi) is 4.72. The monoisotopic (exact) mass is 401 g/mol. The quantitative estimate of drug-likeness (QED) is 0.707. The summed E-state index contributed by atoms with van der Waals surface area (Å²) >= 11 is 0. The Balaban J connectivity index is 1.66.